The molecule has 1 aromatic carbocycles. The number of carbonyl (C=O) groups is 1. The number of rotatable bonds is 4. The van der Waals surface area contributed by atoms with E-state index in [0.29, 0.717) is 5.69 Å². The Balaban J connectivity index is 2.67. The van der Waals surface area contributed by atoms with Crippen LogP contribution in [0.25, 0.3) is 0 Å². The number of hydrogen-bond acceptors (Lipinski definition) is 4. The zero-order valence-corrected chi connectivity index (χ0v) is 10.2. The molecule has 98 valence electrons. The average molecular weight is 253 g/mol. The van der Waals surface area contributed by atoms with Crippen LogP contribution in [0, 0.1) is 10.1 Å². The second-order valence-electron chi connectivity index (χ2n) is 3.88. The number of hydrogen-bond donors (Lipinski definition) is 2. The van der Waals surface area contributed by atoms with E-state index in [-0.39, 0.29) is 24.4 Å². The summed E-state index contributed by atoms with van der Waals surface area (Å²) in [5.74, 6) is 0. The van der Waals surface area contributed by atoms with E-state index < -0.39 is 4.92 Å². The lowest BCUT2D eigenvalue weighted by Crippen LogP contribution is -2.40. The molecule has 2 N–H and O–H groups in total. The standard InChI is InChI=1S/C11H15N3O4/c1-8(7-15)13(2)11(16)12-9-3-5-10(6-4-9)14(17)18/h3-6,8,15H,7H2,1-2H3,(H,12,16). The Labute approximate surface area is 104 Å². The minimum Gasteiger partial charge on any atom is -0.394 e. The molecular formula is C11H15N3O4. The second kappa shape index (κ2) is 5.97. The summed E-state index contributed by atoms with van der Waals surface area (Å²) in [7, 11) is 1.56. The molecule has 0 aliphatic heterocycles. The predicted octanol–water partition coefficient (Wildman–Crippen LogP) is 1.44. The maximum Gasteiger partial charge on any atom is 0.321 e. The topological polar surface area (TPSA) is 95.7 Å². The van der Waals surface area contributed by atoms with Crippen molar-refractivity contribution >= 4 is 17.4 Å². The van der Waals surface area contributed by atoms with Gasteiger partial charge < -0.3 is 15.3 Å². The number of aliphatic hydroxyl groups excluding tert-OH is 1. The Morgan fingerprint density at radius 3 is 2.50 bits per heavy atom. The number of nitro groups is 1. The van der Waals surface area contributed by atoms with Crippen molar-refractivity contribution in [2.24, 2.45) is 0 Å². The van der Waals surface area contributed by atoms with Gasteiger partial charge in [0.2, 0.25) is 0 Å². The number of anilines is 1. The van der Waals surface area contributed by atoms with Crippen LogP contribution in [0.2, 0.25) is 0 Å². The summed E-state index contributed by atoms with van der Waals surface area (Å²) >= 11 is 0. The third kappa shape index (κ3) is 3.42. The fourth-order valence-corrected chi connectivity index (χ4v) is 1.20. The zero-order chi connectivity index (χ0) is 13.7. The van der Waals surface area contributed by atoms with Crippen molar-refractivity contribution in [3.63, 3.8) is 0 Å². The highest BCUT2D eigenvalue weighted by molar-refractivity contribution is 5.89. The monoisotopic (exact) mass is 253 g/mol. The molecule has 18 heavy (non-hydrogen) atoms. The molecule has 0 radical (unpaired) electrons. The summed E-state index contributed by atoms with van der Waals surface area (Å²) < 4.78 is 0. The van der Waals surface area contributed by atoms with Crippen LogP contribution in [-0.4, -0.2) is 40.7 Å². The number of nitrogens with one attached hydrogen (secondary N) is 1. The molecule has 0 bridgehead atoms. The molecule has 0 saturated carbocycles. The van der Waals surface area contributed by atoms with E-state index in [0.717, 1.165) is 0 Å². The first kappa shape index (κ1) is 13.9. The average Bonchev–Trinajstić information content (AvgIpc) is 2.37. The molecule has 0 saturated heterocycles. The van der Waals surface area contributed by atoms with Crippen molar-refractivity contribution in [1.82, 2.24) is 4.90 Å². The molecule has 0 spiro atoms. The van der Waals surface area contributed by atoms with Crippen molar-refractivity contribution < 1.29 is 14.8 Å². The third-order valence-electron chi connectivity index (χ3n) is 2.58. The zero-order valence-electron chi connectivity index (χ0n) is 10.2. The molecule has 0 aliphatic rings. The maximum atomic E-state index is 11.7. The smallest absolute Gasteiger partial charge is 0.321 e. The molecule has 0 aliphatic carbocycles. The van der Waals surface area contributed by atoms with Crippen LogP contribution < -0.4 is 5.32 Å². The fraction of sp³-hybridized carbons (Fsp3) is 0.364. The maximum absolute atomic E-state index is 11.7. The van der Waals surface area contributed by atoms with Crippen LogP contribution in [0.1, 0.15) is 6.92 Å². The summed E-state index contributed by atoms with van der Waals surface area (Å²) in [5.41, 5.74) is 0.424. The third-order valence-corrected chi connectivity index (χ3v) is 2.58. The van der Waals surface area contributed by atoms with Gasteiger partial charge in [-0.3, -0.25) is 10.1 Å². The summed E-state index contributed by atoms with van der Waals surface area (Å²) in [6.07, 6.45) is 0. The largest absolute Gasteiger partial charge is 0.394 e. The number of non-ortho nitro benzene ring substituents is 1. The Hall–Kier alpha value is -2.15. The van der Waals surface area contributed by atoms with Gasteiger partial charge in [-0.1, -0.05) is 0 Å². The van der Waals surface area contributed by atoms with Crippen LogP contribution in [0.15, 0.2) is 24.3 Å². The molecule has 1 atom stereocenters. The molecule has 1 aromatic rings. The number of likely N-dealkylation sites (N-methyl/N-ethyl adjacent to an activating group) is 1. The van der Waals surface area contributed by atoms with Crippen molar-refractivity contribution in [3.8, 4) is 0 Å². The lowest BCUT2D eigenvalue weighted by atomic mass is 10.3. The van der Waals surface area contributed by atoms with E-state index in [4.69, 9.17) is 5.11 Å². The Bertz CT molecular complexity index is 432. The van der Waals surface area contributed by atoms with Crippen molar-refractivity contribution in [2.45, 2.75) is 13.0 Å². The quantitative estimate of drug-likeness (QED) is 0.626. The number of nitro benzene ring substituents is 1. The fourth-order valence-electron chi connectivity index (χ4n) is 1.20. The number of nitrogens with zero attached hydrogens (tertiary/aromatic N) is 2. The molecule has 1 unspecified atom stereocenters. The van der Waals surface area contributed by atoms with Gasteiger partial charge in [-0.2, -0.15) is 0 Å². The van der Waals surface area contributed by atoms with Crippen molar-refractivity contribution in [2.75, 3.05) is 19.0 Å². The number of amides is 2. The van der Waals surface area contributed by atoms with Gasteiger partial charge in [-0.15, -0.1) is 0 Å². The van der Waals surface area contributed by atoms with E-state index >= 15 is 0 Å². The summed E-state index contributed by atoms with van der Waals surface area (Å²) in [6.45, 7) is 1.57. The van der Waals surface area contributed by atoms with E-state index in [9.17, 15) is 14.9 Å². The molecule has 1 rings (SSSR count). The highest BCUT2D eigenvalue weighted by Crippen LogP contribution is 2.15. The minimum atomic E-state index is -0.508. The molecule has 7 nitrogen and oxygen atoms in total. The molecule has 0 fully saturated rings. The van der Waals surface area contributed by atoms with Gasteiger partial charge >= 0.3 is 6.03 Å². The summed E-state index contributed by atoms with van der Waals surface area (Å²) in [6, 6.07) is 4.84. The van der Waals surface area contributed by atoms with Gasteiger partial charge in [0, 0.05) is 24.9 Å². The van der Waals surface area contributed by atoms with E-state index in [2.05, 4.69) is 5.32 Å². The van der Waals surface area contributed by atoms with Crippen LogP contribution >= 0.6 is 0 Å². The van der Waals surface area contributed by atoms with Crippen molar-refractivity contribution in [1.29, 1.82) is 0 Å². The Morgan fingerprint density at radius 2 is 2.06 bits per heavy atom. The first-order chi connectivity index (χ1) is 8.45. The van der Waals surface area contributed by atoms with Gasteiger partial charge in [-0.05, 0) is 19.1 Å². The van der Waals surface area contributed by atoms with Gasteiger partial charge in [0.1, 0.15) is 0 Å². The first-order valence-electron chi connectivity index (χ1n) is 5.35. The Morgan fingerprint density at radius 1 is 1.50 bits per heavy atom. The Kier molecular flexibility index (Phi) is 4.61. The van der Waals surface area contributed by atoms with E-state index in [1.54, 1.807) is 14.0 Å². The lowest BCUT2D eigenvalue weighted by Gasteiger charge is -2.23. The highest BCUT2D eigenvalue weighted by Gasteiger charge is 2.15. The minimum absolute atomic E-state index is 0.0370. The molecule has 0 aromatic heterocycles. The normalized spacial score (nSPS) is 11.7. The number of benzene rings is 1. The van der Waals surface area contributed by atoms with Gasteiger partial charge in [-0.25, -0.2) is 4.79 Å². The molecule has 7 heteroatoms. The van der Waals surface area contributed by atoms with Crippen LogP contribution in [0.3, 0.4) is 0 Å². The van der Waals surface area contributed by atoms with Gasteiger partial charge in [0.15, 0.2) is 0 Å². The summed E-state index contributed by atoms with van der Waals surface area (Å²) in [4.78, 5) is 23.0. The molecule has 2 amide bonds. The van der Waals surface area contributed by atoms with Gasteiger partial charge in [0.25, 0.3) is 5.69 Å². The molecular weight excluding hydrogens is 238 g/mol. The number of urea groups is 1. The SMILES string of the molecule is CC(CO)N(C)C(=O)Nc1ccc([N+](=O)[O-])cc1. The number of aliphatic hydroxyl groups is 1. The van der Waals surface area contributed by atoms with E-state index in [1.165, 1.54) is 29.2 Å². The van der Waals surface area contributed by atoms with E-state index in [1.807, 2.05) is 0 Å². The van der Waals surface area contributed by atoms with Crippen molar-refractivity contribution in [3.05, 3.63) is 34.4 Å². The lowest BCUT2D eigenvalue weighted by molar-refractivity contribution is -0.384. The second-order valence-corrected chi connectivity index (χ2v) is 3.88. The predicted molar refractivity (Wildman–Crippen MR) is 66.4 cm³/mol. The first-order valence-corrected chi connectivity index (χ1v) is 5.35. The van der Waals surface area contributed by atoms with Crippen LogP contribution in [-0.2, 0) is 0 Å². The van der Waals surface area contributed by atoms with Crippen LogP contribution in [0.5, 0.6) is 0 Å². The van der Waals surface area contributed by atoms with Crippen LogP contribution in [0.4, 0.5) is 16.2 Å². The molecule has 0 heterocycles. The number of carbonyl (C=O) groups excluding carboxylic acids is 1. The van der Waals surface area contributed by atoms with Gasteiger partial charge in [0.05, 0.1) is 17.6 Å². The summed E-state index contributed by atoms with van der Waals surface area (Å²) in [5, 5.41) is 22.0. The highest BCUT2D eigenvalue weighted by atomic mass is 16.6.